The number of ether oxygens (including phenoxy) is 2. The van der Waals surface area contributed by atoms with E-state index in [4.69, 9.17) is 9.47 Å². The van der Waals surface area contributed by atoms with Gasteiger partial charge in [0.2, 0.25) is 0 Å². The molecule has 1 aromatic heterocycles. The number of unbranched alkanes of at least 4 members (excludes halogenated alkanes) is 1. The summed E-state index contributed by atoms with van der Waals surface area (Å²) in [5.41, 5.74) is 3.63. The fourth-order valence-corrected chi connectivity index (χ4v) is 5.57. The zero-order valence-corrected chi connectivity index (χ0v) is 22.6. The van der Waals surface area contributed by atoms with Gasteiger partial charge in [0.1, 0.15) is 11.5 Å². The number of piperazine rings is 1. The van der Waals surface area contributed by atoms with Gasteiger partial charge in [-0.25, -0.2) is 4.79 Å². The second-order valence-electron chi connectivity index (χ2n) is 10.4. The van der Waals surface area contributed by atoms with E-state index in [0.717, 1.165) is 81.9 Å². The minimum absolute atomic E-state index is 0.382. The smallest absolute Gasteiger partial charge is 0.412 e. The summed E-state index contributed by atoms with van der Waals surface area (Å²) >= 11 is 0. The largest absolute Gasteiger partial charge is 0.497 e. The highest BCUT2D eigenvalue weighted by molar-refractivity contribution is 5.85. The second kappa shape index (κ2) is 13.0. The molecule has 0 aliphatic carbocycles. The number of aryl methyl sites for hydroxylation is 1. The van der Waals surface area contributed by atoms with Gasteiger partial charge in [-0.2, -0.15) is 0 Å². The molecule has 2 saturated heterocycles. The maximum absolute atomic E-state index is 12.3. The van der Waals surface area contributed by atoms with Crippen LogP contribution in [-0.4, -0.2) is 86.9 Å². The Kier molecular flexibility index (Phi) is 9.04. The number of carbonyl (C=O) groups is 1. The van der Waals surface area contributed by atoms with Gasteiger partial charge in [0.05, 0.1) is 7.11 Å². The first kappa shape index (κ1) is 26.4. The van der Waals surface area contributed by atoms with Crippen molar-refractivity contribution in [3.8, 4) is 11.5 Å². The van der Waals surface area contributed by atoms with Crippen molar-refractivity contribution in [1.82, 2.24) is 20.1 Å². The quantitative estimate of drug-likeness (QED) is 0.364. The number of fused-ring (bicyclic) bond motifs is 1. The number of hydrogen-bond donors (Lipinski definition) is 2. The van der Waals surface area contributed by atoms with E-state index >= 15 is 0 Å². The van der Waals surface area contributed by atoms with Crippen molar-refractivity contribution < 1.29 is 14.3 Å². The summed E-state index contributed by atoms with van der Waals surface area (Å²) in [7, 11) is 1.70. The number of aromatic amines is 1. The SMILES string of the molecule is COc1ccc(N2CCN(CCCCc3c[nH]c4ccc(OC(=O)NCCN5CCCC5)cc34)CC2)cc1. The summed E-state index contributed by atoms with van der Waals surface area (Å²) in [5.74, 6) is 1.49. The van der Waals surface area contributed by atoms with Crippen molar-refractivity contribution in [2.24, 2.45) is 0 Å². The van der Waals surface area contributed by atoms with Crippen LogP contribution in [0.2, 0.25) is 0 Å². The predicted octanol–water partition coefficient (Wildman–Crippen LogP) is 4.51. The first-order valence-electron chi connectivity index (χ1n) is 14.1. The first-order valence-corrected chi connectivity index (χ1v) is 14.1. The number of benzene rings is 2. The van der Waals surface area contributed by atoms with Gasteiger partial charge in [-0.15, -0.1) is 0 Å². The molecule has 1 amide bonds. The standard InChI is InChI=1S/C30H41N5O3/c1-37-26-9-7-25(8-10-26)35-20-18-34(19-21-35)14-3-2-6-24-23-32-29-12-11-27(22-28(24)29)38-30(36)31-13-17-33-15-4-5-16-33/h7-12,22-23,32H,2-6,13-21H2,1H3,(H,31,36). The van der Waals surface area contributed by atoms with Crippen molar-refractivity contribution in [3.05, 3.63) is 54.2 Å². The van der Waals surface area contributed by atoms with Crippen LogP contribution >= 0.6 is 0 Å². The summed E-state index contributed by atoms with van der Waals surface area (Å²) in [6.07, 6.45) is 7.54. The Labute approximate surface area is 225 Å². The molecule has 0 bridgehead atoms. The van der Waals surface area contributed by atoms with Crippen molar-refractivity contribution in [2.45, 2.75) is 32.1 Å². The van der Waals surface area contributed by atoms with E-state index in [1.807, 2.05) is 30.3 Å². The molecule has 38 heavy (non-hydrogen) atoms. The number of methoxy groups -OCH3 is 1. The number of hydrogen-bond acceptors (Lipinski definition) is 6. The summed E-state index contributed by atoms with van der Waals surface area (Å²) in [5, 5.41) is 4.02. The monoisotopic (exact) mass is 519 g/mol. The summed E-state index contributed by atoms with van der Waals surface area (Å²) in [4.78, 5) is 23.0. The van der Waals surface area contributed by atoms with Crippen molar-refractivity contribution >= 4 is 22.7 Å². The van der Waals surface area contributed by atoms with Crippen LogP contribution in [0.25, 0.3) is 10.9 Å². The van der Waals surface area contributed by atoms with Crippen molar-refractivity contribution in [1.29, 1.82) is 0 Å². The summed E-state index contributed by atoms with van der Waals surface area (Å²) in [6.45, 7) is 9.20. The minimum atomic E-state index is -0.382. The minimum Gasteiger partial charge on any atom is -0.497 e. The molecule has 2 fully saturated rings. The number of likely N-dealkylation sites (tertiary alicyclic amines) is 1. The van der Waals surface area contributed by atoms with Gasteiger partial charge in [0.25, 0.3) is 0 Å². The topological polar surface area (TPSA) is 73.1 Å². The fourth-order valence-electron chi connectivity index (χ4n) is 5.57. The first-order chi connectivity index (χ1) is 18.7. The lowest BCUT2D eigenvalue weighted by Gasteiger charge is -2.36. The zero-order chi connectivity index (χ0) is 26.2. The molecule has 3 aromatic rings. The van der Waals surface area contributed by atoms with Crippen LogP contribution < -0.4 is 19.7 Å². The number of rotatable bonds is 11. The molecular weight excluding hydrogens is 478 g/mol. The van der Waals surface area contributed by atoms with E-state index in [1.54, 1.807) is 7.11 Å². The predicted molar refractivity (Wildman–Crippen MR) is 153 cm³/mol. The fraction of sp³-hybridized carbons (Fsp3) is 0.500. The zero-order valence-electron chi connectivity index (χ0n) is 22.6. The van der Waals surface area contributed by atoms with Gasteiger partial charge in [-0.05, 0) is 99.8 Å². The van der Waals surface area contributed by atoms with Gasteiger partial charge in [0, 0.05) is 62.1 Å². The highest BCUT2D eigenvalue weighted by Crippen LogP contribution is 2.25. The van der Waals surface area contributed by atoms with Gasteiger partial charge in [-0.3, -0.25) is 4.90 Å². The third kappa shape index (κ3) is 6.99. The van der Waals surface area contributed by atoms with E-state index in [2.05, 4.69) is 43.3 Å². The summed E-state index contributed by atoms with van der Waals surface area (Å²) in [6, 6.07) is 14.2. The Morgan fingerprint density at radius 1 is 0.895 bits per heavy atom. The molecule has 2 N–H and O–H groups in total. The highest BCUT2D eigenvalue weighted by Gasteiger charge is 2.17. The maximum atomic E-state index is 12.3. The van der Waals surface area contributed by atoms with Crippen LogP contribution in [0.15, 0.2) is 48.7 Å². The third-order valence-electron chi connectivity index (χ3n) is 7.83. The Balaban J connectivity index is 1.03. The van der Waals surface area contributed by atoms with Crippen LogP contribution in [0.5, 0.6) is 11.5 Å². The van der Waals surface area contributed by atoms with Crippen LogP contribution in [0.1, 0.15) is 31.2 Å². The van der Waals surface area contributed by atoms with Crippen molar-refractivity contribution in [3.63, 3.8) is 0 Å². The molecule has 8 heteroatoms. The van der Waals surface area contributed by atoms with Crippen LogP contribution in [0.3, 0.4) is 0 Å². The van der Waals surface area contributed by atoms with Gasteiger partial charge in [-0.1, -0.05) is 0 Å². The Hall–Kier alpha value is -3.23. The number of carbonyl (C=O) groups excluding carboxylic acids is 1. The molecule has 0 saturated carbocycles. The van der Waals surface area contributed by atoms with Crippen LogP contribution in [-0.2, 0) is 6.42 Å². The van der Waals surface area contributed by atoms with Crippen LogP contribution in [0.4, 0.5) is 10.5 Å². The molecular formula is C30H41N5O3. The van der Waals surface area contributed by atoms with Gasteiger partial charge < -0.3 is 29.6 Å². The number of nitrogens with zero attached hydrogens (tertiary/aromatic N) is 3. The number of amides is 1. The molecule has 2 aliphatic rings. The molecule has 5 rings (SSSR count). The highest BCUT2D eigenvalue weighted by atomic mass is 16.6. The molecule has 0 unspecified atom stereocenters. The third-order valence-corrected chi connectivity index (χ3v) is 7.83. The lowest BCUT2D eigenvalue weighted by molar-refractivity contribution is 0.198. The molecule has 8 nitrogen and oxygen atoms in total. The Bertz CT molecular complexity index is 1160. The van der Waals surface area contributed by atoms with E-state index in [1.165, 1.54) is 30.5 Å². The average Bonchev–Trinajstić information content (AvgIpc) is 3.61. The van der Waals surface area contributed by atoms with Gasteiger partial charge in [0.15, 0.2) is 0 Å². The molecule has 0 radical (unpaired) electrons. The lowest BCUT2D eigenvalue weighted by atomic mass is 10.1. The molecule has 3 heterocycles. The van der Waals surface area contributed by atoms with E-state index in [-0.39, 0.29) is 6.09 Å². The maximum Gasteiger partial charge on any atom is 0.412 e. The van der Waals surface area contributed by atoms with Crippen LogP contribution in [0, 0.1) is 0 Å². The second-order valence-corrected chi connectivity index (χ2v) is 10.4. The average molecular weight is 520 g/mol. The molecule has 2 aromatic carbocycles. The normalized spacial score (nSPS) is 16.7. The number of anilines is 1. The van der Waals surface area contributed by atoms with Crippen molar-refractivity contribution in [2.75, 3.05) is 70.9 Å². The van der Waals surface area contributed by atoms with Gasteiger partial charge >= 0.3 is 6.09 Å². The number of nitrogens with one attached hydrogen (secondary N) is 2. The number of H-pyrrole nitrogens is 1. The summed E-state index contributed by atoms with van der Waals surface area (Å²) < 4.78 is 10.8. The molecule has 0 spiro atoms. The lowest BCUT2D eigenvalue weighted by Crippen LogP contribution is -2.46. The Morgan fingerprint density at radius 2 is 1.63 bits per heavy atom. The van der Waals surface area contributed by atoms with E-state index < -0.39 is 0 Å². The number of aromatic nitrogens is 1. The molecule has 204 valence electrons. The van der Waals surface area contributed by atoms with E-state index in [0.29, 0.717) is 12.3 Å². The molecule has 2 aliphatic heterocycles. The molecule has 0 atom stereocenters. The van der Waals surface area contributed by atoms with E-state index in [9.17, 15) is 4.79 Å². The Morgan fingerprint density at radius 3 is 2.39 bits per heavy atom.